The Kier molecular flexibility index (Phi) is 6.37. The zero-order valence-electron chi connectivity index (χ0n) is 17.9. The summed E-state index contributed by atoms with van der Waals surface area (Å²) in [5.41, 5.74) is 1.54. The van der Waals surface area contributed by atoms with Crippen molar-refractivity contribution in [3.63, 3.8) is 0 Å². The molecule has 1 aliphatic heterocycles. The number of benzene rings is 2. The highest BCUT2D eigenvalue weighted by atomic mass is 79.9. The van der Waals surface area contributed by atoms with Crippen molar-refractivity contribution in [2.45, 2.75) is 32.0 Å². The molecule has 2 heterocycles. The molecule has 1 fully saturated rings. The van der Waals surface area contributed by atoms with Crippen LogP contribution in [0.25, 0.3) is 0 Å². The SMILES string of the molecule is O=C(CN(C(=O)c1ccccc1Br)C1CC1)N(Cc1ccc2c(c1)OCO2)Cc1cccs1. The zero-order valence-corrected chi connectivity index (χ0v) is 20.3. The monoisotopic (exact) mass is 526 g/mol. The van der Waals surface area contributed by atoms with Crippen LogP contribution in [-0.4, -0.2) is 41.0 Å². The second kappa shape index (κ2) is 9.57. The number of fused-ring (bicyclic) bond motifs is 1. The number of halogens is 1. The number of ether oxygens (including phenoxy) is 2. The molecule has 0 unspecified atom stereocenters. The maximum absolute atomic E-state index is 13.5. The molecule has 0 atom stereocenters. The molecule has 2 aliphatic rings. The van der Waals surface area contributed by atoms with Gasteiger partial charge in [0.25, 0.3) is 5.91 Å². The normalized spacial score (nSPS) is 14.2. The molecule has 1 saturated carbocycles. The first-order valence-electron chi connectivity index (χ1n) is 10.8. The van der Waals surface area contributed by atoms with Crippen molar-refractivity contribution >= 4 is 39.1 Å². The van der Waals surface area contributed by atoms with E-state index >= 15 is 0 Å². The highest BCUT2D eigenvalue weighted by molar-refractivity contribution is 9.10. The molecule has 33 heavy (non-hydrogen) atoms. The molecule has 0 saturated heterocycles. The molecule has 2 aromatic carbocycles. The standard InChI is InChI=1S/C25H23BrN2O4S/c26-21-6-2-1-5-20(21)25(30)28(18-8-9-18)15-24(29)27(14-19-4-3-11-33-19)13-17-7-10-22-23(12-17)32-16-31-22/h1-7,10-12,18H,8-9,13-16H2. The van der Waals surface area contributed by atoms with E-state index in [2.05, 4.69) is 15.9 Å². The lowest BCUT2D eigenvalue weighted by Crippen LogP contribution is -2.43. The highest BCUT2D eigenvalue weighted by Crippen LogP contribution is 2.33. The van der Waals surface area contributed by atoms with Gasteiger partial charge in [0.05, 0.1) is 12.1 Å². The quantitative estimate of drug-likeness (QED) is 0.411. The minimum absolute atomic E-state index is 0.0563. The third kappa shape index (κ3) is 5.07. The van der Waals surface area contributed by atoms with Crippen molar-refractivity contribution in [3.05, 3.63) is 80.5 Å². The molecule has 6 nitrogen and oxygen atoms in total. The second-order valence-electron chi connectivity index (χ2n) is 8.16. The molecule has 0 radical (unpaired) electrons. The van der Waals surface area contributed by atoms with E-state index in [0.717, 1.165) is 27.8 Å². The van der Waals surface area contributed by atoms with E-state index in [1.54, 1.807) is 22.3 Å². The molecule has 1 aromatic heterocycles. The fourth-order valence-corrected chi connectivity index (χ4v) is 5.04. The molecule has 3 aromatic rings. The van der Waals surface area contributed by atoms with Gasteiger partial charge in [-0.05, 0) is 70.0 Å². The molecule has 0 spiro atoms. The van der Waals surface area contributed by atoms with Gasteiger partial charge in [-0.15, -0.1) is 11.3 Å². The number of rotatable bonds is 8. The van der Waals surface area contributed by atoms with Gasteiger partial charge in [0.1, 0.15) is 6.54 Å². The number of thiophene rings is 1. The van der Waals surface area contributed by atoms with Gasteiger partial charge in [0.2, 0.25) is 12.7 Å². The molecule has 1 aliphatic carbocycles. The van der Waals surface area contributed by atoms with Crippen molar-refractivity contribution in [1.82, 2.24) is 9.80 Å². The summed E-state index contributed by atoms with van der Waals surface area (Å²) in [6, 6.07) is 17.2. The van der Waals surface area contributed by atoms with Gasteiger partial charge in [-0.3, -0.25) is 9.59 Å². The van der Waals surface area contributed by atoms with Crippen LogP contribution in [0, 0.1) is 0 Å². The first-order chi connectivity index (χ1) is 16.1. The molecular weight excluding hydrogens is 504 g/mol. The van der Waals surface area contributed by atoms with Gasteiger partial charge >= 0.3 is 0 Å². The minimum atomic E-state index is -0.113. The summed E-state index contributed by atoms with van der Waals surface area (Å²) in [4.78, 5) is 31.5. The maximum Gasteiger partial charge on any atom is 0.255 e. The topological polar surface area (TPSA) is 59.1 Å². The van der Waals surface area contributed by atoms with Crippen LogP contribution in [0.1, 0.15) is 33.6 Å². The molecule has 170 valence electrons. The molecule has 0 N–H and O–H groups in total. The van der Waals surface area contributed by atoms with Gasteiger partial charge in [-0.2, -0.15) is 0 Å². The lowest BCUT2D eigenvalue weighted by Gasteiger charge is -2.28. The van der Waals surface area contributed by atoms with Crippen molar-refractivity contribution in [1.29, 1.82) is 0 Å². The van der Waals surface area contributed by atoms with Crippen LogP contribution < -0.4 is 9.47 Å². The Morgan fingerprint density at radius 3 is 2.58 bits per heavy atom. The van der Waals surface area contributed by atoms with Crippen LogP contribution in [-0.2, 0) is 17.9 Å². The number of amides is 2. The predicted molar refractivity (Wildman–Crippen MR) is 129 cm³/mol. The fraction of sp³-hybridized carbons (Fsp3) is 0.280. The third-order valence-electron chi connectivity index (χ3n) is 5.75. The Morgan fingerprint density at radius 2 is 1.82 bits per heavy atom. The number of carbonyl (C=O) groups excluding carboxylic acids is 2. The molecule has 0 bridgehead atoms. The second-order valence-corrected chi connectivity index (χ2v) is 10.0. The summed E-state index contributed by atoms with van der Waals surface area (Å²) in [6.07, 6.45) is 1.85. The van der Waals surface area contributed by atoms with Crippen molar-refractivity contribution in [2.24, 2.45) is 0 Å². The van der Waals surface area contributed by atoms with Crippen molar-refractivity contribution in [3.8, 4) is 11.5 Å². The average molecular weight is 527 g/mol. The van der Waals surface area contributed by atoms with Crippen LogP contribution in [0.3, 0.4) is 0 Å². The van der Waals surface area contributed by atoms with E-state index in [-0.39, 0.29) is 31.2 Å². The van der Waals surface area contributed by atoms with Crippen molar-refractivity contribution in [2.75, 3.05) is 13.3 Å². The third-order valence-corrected chi connectivity index (χ3v) is 7.30. The van der Waals surface area contributed by atoms with Crippen LogP contribution in [0.4, 0.5) is 0 Å². The van der Waals surface area contributed by atoms with Crippen LogP contribution in [0.15, 0.2) is 64.5 Å². The van der Waals surface area contributed by atoms with Gasteiger partial charge in [-0.1, -0.05) is 24.3 Å². The Balaban J connectivity index is 1.36. The Hall–Kier alpha value is -2.84. The van der Waals surface area contributed by atoms with Crippen LogP contribution in [0.5, 0.6) is 11.5 Å². The summed E-state index contributed by atoms with van der Waals surface area (Å²) in [7, 11) is 0. The summed E-state index contributed by atoms with van der Waals surface area (Å²) < 4.78 is 11.6. The number of hydrogen-bond acceptors (Lipinski definition) is 5. The van der Waals surface area contributed by atoms with E-state index in [1.807, 2.05) is 58.8 Å². The largest absolute Gasteiger partial charge is 0.454 e. The predicted octanol–water partition coefficient (Wildman–Crippen LogP) is 5.07. The summed E-state index contributed by atoms with van der Waals surface area (Å²) >= 11 is 5.09. The Morgan fingerprint density at radius 1 is 1.00 bits per heavy atom. The van der Waals surface area contributed by atoms with Gasteiger partial charge < -0.3 is 19.3 Å². The van der Waals surface area contributed by atoms with Crippen LogP contribution in [0.2, 0.25) is 0 Å². The van der Waals surface area contributed by atoms with E-state index in [1.165, 1.54) is 0 Å². The smallest absolute Gasteiger partial charge is 0.255 e. The molecule has 2 amide bonds. The number of nitrogens with zero attached hydrogens (tertiary/aromatic N) is 2. The lowest BCUT2D eigenvalue weighted by atomic mass is 10.1. The van der Waals surface area contributed by atoms with Gasteiger partial charge in [-0.25, -0.2) is 0 Å². The maximum atomic E-state index is 13.5. The molecule has 8 heteroatoms. The Bertz CT molecular complexity index is 1160. The zero-order chi connectivity index (χ0) is 22.8. The summed E-state index contributed by atoms with van der Waals surface area (Å²) in [5.74, 6) is 1.22. The summed E-state index contributed by atoms with van der Waals surface area (Å²) in [5, 5.41) is 2.01. The number of hydrogen-bond donors (Lipinski definition) is 0. The van der Waals surface area contributed by atoms with Crippen molar-refractivity contribution < 1.29 is 19.1 Å². The number of carbonyl (C=O) groups is 2. The fourth-order valence-electron chi connectivity index (χ4n) is 3.87. The Labute approximate surface area is 204 Å². The van der Waals surface area contributed by atoms with E-state index < -0.39 is 0 Å². The van der Waals surface area contributed by atoms with E-state index in [4.69, 9.17) is 9.47 Å². The van der Waals surface area contributed by atoms with Gasteiger partial charge in [0.15, 0.2) is 11.5 Å². The highest BCUT2D eigenvalue weighted by Gasteiger charge is 2.36. The van der Waals surface area contributed by atoms with Gasteiger partial charge in [0, 0.05) is 21.9 Å². The van der Waals surface area contributed by atoms with E-state index in [9.17, 15) is 9.59 Å². The average Bonchev–Trinajstić information content (AvgIpc) is 3.32. The van der Waals surface area contributed by atoms with E-state index in [0.29, 0.717) is 30.2 Å². The minimum Gasteiger partial charge on any atom is -0.454 e. The first kappa shape index (κ1) is 22.0. The van der Waals surface area contributed by atoms with Crippen LogP contribution >= 0.6 is 27.3 Å². The lowest BCUT2D eigenvalue weighted by molar-refractivity contribution is -0.133. The first-order valence-corrected chi connectivity index (χ1v) is 12.5. The summed E-state index contributed by atoms with van der Waals surface area (Å²) in [6.45, 7) is 1.19. The molecule has 5 rings (SSSR count). The molecular formula is C25H23BrN2O4S.